The summed E-state index contributed by atoms with van der Waals surface area (Å²) in [5.41, 5.74) is 0.576. The molecule has 0 saturated carbocycles. The third-order valence-corrected chi connectivity index (χ3v) is 3.35. The van der Waals surface area contributed by atoms with Crippen molar-refractivity contribution in [2.24, 2.45) is 0 Å². The molecule has 0 aromatic carbocycles. The van der Waals surface area contributed by atoms with E-state index >= 15 is 0 Å². The number of nitrogens with one attached hydrogen (secondary N) is 1. The van der Waals surface area contributed by atoms with Gasteiger partial charge in [0.1, 0.15) is 11.4 Å². The molecule has 1 N–H and O–H groups in total. The van der Waals surface area contributed by atoms with Gasteiger partial charge in [-0.05, 0) is 13.3 Å². The Balaban J connectivity index is 3.37. The van der Waals surface area contributed by atoms with Crippen LogP contribution in [0, 0.1) is 0 Å². The van der Waals surface area contributed by atoms with Crippen molar-refractivity contribution in [2.45, 2.75) is 52.1 Å². The number of anilines is 1. The van der Waals surface area contributed by atoms with Crippen LogP contribution in [0.5, 0.6) is 0 Å². The third-order valence-electron chi connectivity index (χ3n) is 3.35. The van der Waals surface area contributed by atoms with Gasteiger partial charge >= 0.3 is 0 Å². The lowest BCUT2D eigenvalue weighted by atomic mass is 9.91. The molecule has 4 heteroatoms. The molecule has 1 heterocycles. The molecule has 102 valence electrons. The maximum Gasteiger partial charge on any atom is 0.162 e. The van der Waals surface area contributed by atoms with Crippen molar-refractivity contribution in [1.29, 1.82) is 0 Å². The highest BCUT2D eigenvalue weighted by Crippen LogP contribution is 2.29. The minimum Gasteiger partial charge on any atom is -0.373 e. The van der Waals surface area contributed by atoms with E-state index in [1.54, 1.807) is 7.11 Å². The van der Waals surface area contributed by atoms with Crippen LogP contribution in [0.1, 0.15) is 52.6 Å². The maximum atomic E-state index is 5.59. The zero-order valence-corrected chi connectivity index (χ0v) is 12.6. The second kappa shape index (κ2) is 5.22. The van der Waals surface area contributed by atoms with E-state index < -0.39 is 5.60 Å². The molecule has 4 nitrogen and oxygen atoms in total. The van der Waals surface area contributed by atoms with Crippen LogP contribution in [0.25, 0.3) is 0 Å². The first-order valence-corrected chi connectivity index (χ1v) is 6.39. The summed E-state index contributed by atoms with van der Waals surface area (Å²) >= 11 is 0. The Morgan fingerprint density at radius 1 is 1.22 bits per heavy atom. The SMILES string of the molecule is CCC(C)(OC)c1nc(NC)cc(C(C)(C)C)n1. The lowest BCUT2D eigenvalue weighted by Gasteiger charge is -2.27. The molecule has 0 fully saturated rings. The fraction of sp³-hybridized carbons (Fsp3) is 0.714. The van der Waals surface area contributed by atoms with Gasteiger partial charge in [-0.25, -0.2) is 9.97 Å². The minimum absolute atomic E-state index is 0.00825. The molecule has 0 aliphatic heterocycles. The number of hydrogen-bond acceptors (Lipinski definition) is 4. The summed E-state index contributed by atoms with van der Waals surface area (Å²) in [4.78, 5) is 9.22. The molecule has 18 heavy (non-hydrogen) atoms. The molecule has 1 aromatic heterocycles. The van der Waals surface area contributed by atoms with Crippen molar-refractivity contribution in [2.75, 3.05) is 19.5 Å². The van der Waals surface area contributed by atoms with E-state index in [9.17, 15) is 0 Å². The molecule has 0 saturated heterocycles. The first kappa shape index (κ1) is 14.9. The van der Waals surface area contributed by atoms with E-state index in [1.165, 1.54) is 0 Å². The van der Waals surface area contributed by atoms with Crippen LogP contribution in [0.2, 0.25) is 0 Å². The highest BCUT2D eigenvalue weighted by molar-refractivity contribution is 5.38. The summed E-state index contributed by atoms with van der Waals surface area (Å²) < 4.78 is 5.59. The summed E-state index contributed by atoms with van der Waals surface area (Å²) in [6, 6.07) is 2.00. The van der Waals surface area contributed by atoms with E-state index in [1.807, 2.05) is 20.0 Å². The Hall–Kier alpha value is -1.16. The zero-order valence-electron chi connectivity index (χ0n) is 12.6. The number of methoxy groups -OCH3 is 1. The Morgan fingerprint density at radius 2 is 1.83 bits per heavy atom. The molecule has 1 rings (SSSR count). The molecule has 0 amide bonds. The topological polar surface area (TPSA) is 47.0 Å². The molecule has 0 aliphatic carbocycles. The molecule has 0 radical (unpaired) electrons. The lowest BCUT2D eigenvalue weighted by Crippen LogP contribution is -2.28. The van der Waals surface area contributed by atoms with Crippen molar-refractivity contribution in [3.63, 3.8) is 0 Å². The number of rotatable bonds is 4. The van der Waals surface area contributed by atoms with E-state index in [2.05, 4.69) is 38.0 Å². The Labute approximate surface area is 110 Å². The van der Waals surface area contributed by atoms with Crippen LogP contribution in [-0.2, 0) is 15.8 Å². The van der Waals surface area contributed by atoms with E-state index in [4.69, 9.17) is 9.72 Å². The average Bonchev–Trinajstić information content (AvgIpc) is 2.36. The van der Waals surface area contributed by atoms with Gasteiger partial charge in [0.05, 0.1) is 5.69 Å². The van der Waals surface area contributed by atoms with Crippen molar-refractivity contribution in [1.82, 2.24) is 9.97 Å². The van der Waals surface area contributed by atoms with E-state index in [0.717, 1.165) is 23.8 Å². The Bertz CT molecular complexity index is 406. The van der Waals surface area contributed by atoms with Crippen molar-refractivity contribution in [3.05, 3.63) is 17.6 Å². The highest BCUT2D eigenvalue weighted by atomic mass is 16.5. The molecule has 1 aromatic rings. The first-order valence-electron chi connectivity index (χ1n) is 6.39. The fourth-order valence-electron chi connectivity index (χ4n) is 1.59. The smallest absolute Gasteiger partial charge is 0.162 e. The van der Waals surface area contributed by atoms with E-state index in [-0.39, 0.29) is 5.41 Å². The average molecular weight is 251 g/mol. The number of hydrogen-bond donors (Lipinski definition) is 1. The van der Waals surface area contributed by atoms with Crippen molar-refractivity contribution >= 4 is 5.82 Å². The Kier molecular flexibility index (Phi) is 4.32. The molecule has 0 spiro atoms. The summed E-state index contributed by atoms with van der Waals surface area (Å²) in [5, 5.41) is 3.09. The second-order valence-corrected chi connectivity index (χ2v) is 5.75. The van der Waals surface area contributed by atoms with Gasteiger partial charge in [0.15, 0.2) is 5.82 Å². The minimum atomic E-state index is -0.438. The molecular formula is C14H25N3O. The zero-order chi connectivity index (χ0) is 14.0. The standard InChI is InChI=1S/C14H25N3O/c1-8-14(5,18-7)12-16-10(13(2,3)4)9-11(15-6)17-12/h9H,8H2,1-7H3,(H,15,16,17). The van der Waals surface area contributed by atoms with Gasteiger partial charge in [-0.2, -0.15) is 0 Å². The molecule has 1 atom stereocenters. The van der Waals surface area contributed by atoms with Crippen LogP contribution in [0.4, 0.5) is 5.82 Å². The van der Waals surface area contributed by atoms with Crippen LogP contribution in [0.15, 0.2) is 6.07 Å². The molecule has 0 bridgehead atoms. The fourth-order valence-corrected chi connectivity index (χ4v) is 1.59. The monoisotopic (exact) mass is 251 g/mol. The first-order chi connectivity index (χ1) is 8.26. The van der Waals surface area contributed by atoms with Gasteiger partial charge in [-0.3, -0.25) is 0 Å². The molecule has 0 aliphatic rings. The summed E-state index contributed by atoms with van der Waals surface area (Å²) in [6.45, 7) is 10.5. The maximum absolute atomic E-state index is 5.59. The van der Waals surface area contributed by atoms with Crippen LogP contribution < -0.4 is 5.32 Å². The highest BCUT2D eigenvalue weighted by Gasteiger charge is 2.29. The summed E-state index contributed by atoms with van der Waals surface area (Å²) in [5.74, 6) is 1.57. The van der Waals surface area contributed by atoms with Crippen molar-refractivity contribution < 1.29 is 4.74 Å². The quantitative estimate of drug-likeness (QED) is 0.893. The number of nitrogens with zero attached hydrogens (tertiary/aromatic N) is 2. The number of aromatic nitrogens is 2. The normalized spacial score (nSPS) is 15.3. The second-order valence-electron chi connectivity index (χ2n) is 5.75. The predicted molar refractivity (Wildman–Crippen MR) is 74.9 cm³/mol. The van der Waals surface area contributed by atoms with Gasteiger partial charge < -0.3 is 10.1 Å². The predicted octanol–water partition coefficient (Wildman–Crippen LogP) is 3.09. The van der Waals surface area contributed by atoms with Crippen LogP contribution in [0.3, 0.4) is 0 Å². The van der Waals surface area contributed by atoms with Gasteiger partial charge in [-0.15, -0.1) is 0 Å². The van der Waals surface area contributed by atoms with Gasteiger partial charge in [0.2, 0.25) is 0 Å². The molecular weight excluding hydrogens is 226 g/mol. The van der Waals surface area contributed by atoms with Gasteiger partial charge in [0, 0.05) is 25.6 Å². The lowest BCUT2D eigenvalue weighted by molar-refractivity contribution is -0.00916. The van der Waals surface area contributed by atoms with Gasteiger partial charge in [-0.1, -0.05) is 27.7 Å². The largest absolute Gasteiger partial charge is 0.373 e. The summed E-state index contributed by atoms with van der Waals surface area (Å²) in [6.07, 6.45) is 0.834. The van der Waals surface area contributed by atoms with E-state index in [0.29, 0.717) is 0 Å². The molecule has 1 unspecified atom stereocenters. The van der Waals surface area contributed by atoms with Crippen molar-refractivity contribution in [3.8, 4) is 0 Å². The third kappa shape index (κ3) is 2.99. The summed E-state index contributed by atoms with van der Waals surface area (Å²) in [7, 11) is 3.57. The number of ether oxygens (including phenoxy) is 1. The van der Waals surface area contributed by atoms with Crippen LogP contribution in [-0.4, -0.2) is 24.1 Å². The Morgan fingerprint density at radius 3 is 2.22 bits per heavy atom. The van der Waals surface area contributed by atoms with Crippen LogP contribution >= 0.6 is 0 Å². The van der Waals surface area contributed by atoms with Gasteiger partial charge in [0.25, 0.3) is 0 Å².